The molecule has 1 aromatic carbocycles. The average molecular weight is 304 g/mol. The molecule has 2 rings (SSSR count). The number of aromatic amines is 1. The maximum Gasteiger partial charge on any atom is 0.348 e. The van der Waals surface area contributed by atoms with E-state index in [0.29, 0.717) is 0 Å². The second kappa shape index (κ2) is 5.86. The standard InChI is InChI=1S/C16H23BNO4/c1-15(2,19)16(3,4)22-17-13-9-10-11(20-5)7-8-12(21-6)14(10)18-13/h7-9,18-19H,1-6H3. The van der Waals surface area contributed by atoms with Crippen LogP contribution in [0.5, 0.6) is 11.5 Å². The smallest absolute Gasteiger partial charge is 0.348 e. The molecule has 1 radical (unpaired) electrons. The number of ether oxygens (including phenoxy) is 2. The predicted octanol–water partition coefficient (Wildman–Crippen LogP) is 2.00. The van der Waals surface area contributed by atoms with Crippen LogP contribution in [-0.2, 0) is 4.65 Å². The van der Waals surface area contributed by atoms with Gasteiger partial charge in [-0.3, -0.25) is 0 Å². The number of aromatic nitrogens is 1. The number of nitrogens with one attached hydrogen (secondary N) is 1. The van der Waals surface area contributed by atoms with Crippen molar-refractivity contribution in [2.75, 3.05) is 14.2 Å². The Hall–Kier alpha value is -1.66. The molecular formula is C16H23BNO4. The normalized spacial score (nSPS) is 12.5. The summed E-state index contributed by atoms with van der Waals surface area (Å²) in [7, 11) is 4.86. The highest BCUT2D eigenvalue weighted by molar-refractivity contribution is 6.46. The topological polar surface area (TPSA) is 63.7 Å². The minimum absolute atomic E-state index is 0.724. The van der Waals surface area contributed by atoms with Gasteiger partial charge in [-0.25, -0.2) is 0 Å². The van der Waals surface area contributed by atoms with Crippen molar-refractivity contribution in [3.8, 4) is 11.5 Å². The van der Waals surface area contributed by atoms with Gasteiger partial charge in [0.05, 0.1) is 30.9 Å². The highest BCUT2D eigenvalue weighted by Gasteiger charge is 2.35. The van der Waals surface area contributed by atoms with Gasteiger partial charge < -0.3 is 24.2 Å². The van der Waals surface area contributed by atoms with Crippen LogP contribution in [0.25, 0.3) is 10.9 Å². The highest BCUT2D eigenvalue weighted by atomic mass is 16.5. The third kappa shape index (κ3) is 3.08. The quantitative estimate of drug-likeness (QED) is 0.801. The zero-order valence-electron chi connectivity index (χ0n) is 14.0. The van der Waals surface area contributed by atoms with Gasteiger partial charge in [0.25, 0.3) is 0 Å². The Morgan fingerprint density at radius 2 is 1.64 bits per heavy atom. The molecule has 2 N–H and O–H groups in total. The lowest BCUT2D eigenvalue weighted by atomic mass is 9.85. The molecule has 0 bridgehead atoms. The first-order chi connectivity index (χ1) is 10.2. The van der Waals surface area contributed by atoms with Gasteiger partial charge in [0.15, 0.2) is 0 Å². The van der Waals surface area contributed by atoms with Crippen LogP contribution in [0.1, 0.15) is 27.7 Å². The molecule has 1 heterocycles. The lowest BCUT2D eigenvalue weighted by Crippen LogP contribution is -2.49. The Morgan fingerprint density at radius 3 is 2.18 bits per heavy atom. The molecular weight excluding hydrogens is 281 g/mol. The third-order valence-electron chi connectivity index (χ3n) is 4.13. The molecule has 22 heavy (non-hydrogen) atoms. The molecule has 0 saturated carbocycles. The van der Waals surface area contributed by atoms with Crippen molar-refractivity contribution in [1.82, 2.24) is 4.98 Å². The minimum Gasteiger partial charge on any atom is -0.496 e. The van der Waals surface area contributed by atoms with Gasteiger partial charge in [-0.15, -0.1) is 0 Å². The van der Waals surface area contributed by atoms with Crippen LogP contribution < -0.4 is 15.1 Å². The Labute approximate surface area is 131 Å². The van der Waals surface area contributed by atoms with Crippen LogP contribution in [0.15, 0.2) is 18.2 Å². The van der Waals surface area contributed by atoms with Gasteiger partial charge in [0, 0.05) is 11.0 Å². The van der Waals surface area contributed by atoms with E-state index in [-0.39, 0.29) is 0 Å². The van der Waals surface area contributed by atoms with E-state index >= 15 is 0 Å². The number of benzene rings is 1. The first-order valence-corrected chi connectivity index (χ1v) is 7.16. The van der Waals surface area contributed by atoms with E-state index in [1.807, 2.05) is 32.0 Å². The second-order valence-electron chi connectivity index (χ2n) is 6.29. The van der Waals surface area contributed by atoms with E-state index in [9.17, 15) is 5.11 Å². The Morgan fingerprint density at radius 1 is 1.05 bits per heavy atom. The van der Waals surface area contributed by atoms with Gasteiger partial charge in [-0.05, 0) is 45.9 Å². The fourth-order valence-corrected chi connectivity index (χ4v) is 1.96. The Kier molecular flexibility index (Phi) is 4.45. The Bertz CT molecular complexity index is 617. The molecule has 0 fully saturated rings. The summed E-state index contributed by atoms with van der Waals surface area (Å²) >= 11 is 0. The third-order valence-corrected chi connectivity index (χ3v) is 4.13. The summed E-state index contributed by atoms with van der Waals surface area (Å²) in [6.45, 7) is 7.12. The number of methoxy groups -OCH3 is 2. The van der Waals surface area contributed by atoms with Gasteiger partial charge >= 0.3 is 7.48 Å². The van der Waals surface area contributed by atoms with E-state index in [4.69, 9.17) is 14.1 Å². The van der Waals surface area contributed by atoms with Gasteiger partial charge in [0.2, 0.25) is 0 Å². The number of hydrogen-bond acceptors (Lipinski definition) is 4. The second-order valence-corrected chi connectivity index (χ2v) is 6.29. The van der Waals surface area contributed by atoms with Crippen LogP contribution in [0.2, 0.25) is 0 Å². The van der Waals surface area contributed by atoms with Crippen molar-refractivity contribution in [3.05, 3.63) is 18.2 Å². The molecule has 0 amide bonds. The minimum atomic E-state index is -0.967. The molecule has 0 spiro atoms. The number of aliphatic hydroxyl groups is 1. The molecule has 0 aliphatic rings. The van der Waals surface area contributed by atoms with Crippen molar-refractivity contribution in [2.45, 2.75) is 38.9 Å². The average Bonchev–Trinajstić information content (AvgIpc) is 2.87. The van der Waals surface area contributed by atoms with Gasteiger partial charge in [0.1, 0.15) is 11.5 Å². The molecule has 1 aromatic heterocycles. The van der Waals surface area contributed by atoms with Crippen LogP contribution in [-0.4, -0.2) is 43.0 Å². The summed E-state index contributed by atoms with van der Waals surface area (Å²) in [5.74, 6) is 1.49. The van der Waals surface area contributed by atoms with Crippen molar-refractivity contribution < 1.29 is 19.2 Å². The van der Waals surface area contributed by atoms with Crippen molar-refractivity contribution in [3.63, 3.8) is 0 Å². The zero-order chi connectivity index (χ0) is 16.5. The molecule has 0 unspecified atom stereocenters. The molecule has 6 heteroatoms. The molecule has 0 aliphatic heterocycles. The molecule has 5 nitrogen and oxygen atoms in total. The van der Waals surface area contributed by atoms with E-state index in [2.05, 4.69) is 4.98 Å². The zero-order valence-corrected chi connectivity index (χ0v) is 14.0. The number of H-pyrrole nitrogens is 1. The van der Waals surface area contributed by atoms with E-state index in [1.54, 1.807) is 35.5 Å². The molecule has 0 saturated heterocycles. The maximum absolute atomic E-state index is 10.1. The highest BCUT2D eigenvalue weighted by Crippen LogP contribution is 2.31. The molecule has 0 atom stereocenters. The van der Waals surface area contributed by atoms with Crippen LogP contribution >= 0.6 is 0 Å². The summed E-state index contributed by atoms with van der Waals surface area (Å²) in [5.41, 5.74) is -0.0727. The molecule has 2 aromatic rings. The number of fused-ring (bicyclic) bond motifs is 1. The largest absolute Gasteiger partial charge is 0.496 e. The van der Waals surface area contributed by atoms with Crippen LogP contribution in [0, 0.1) is 0 Å². The van der Waals surface area contributed by atoms with Gasteiger partial charge in [-0.2, -0.15) is 0 Å². The number of hydrogen-bond donors (Lipinski definition) is 2. The summed E-state index contributed by atoms with van der Waals surface area (Å²) in [6, 6.07) is 5.64. The maximum atomic E-state index is 10.1. The summed E-state index contributed by atoms with van der Waals surface area (Å²) in [5, 5.41) is 11.0. The predicted molar refractivity (Wildman–Crippen MR) is 88.3 cm³/mol. The summed E-state index contributed by atoms with van der Waals surface area (Å²) in [6.07, 6.45) is 0. The van der Waals surface area contributed by atoms with Crippen LogP contribution in [0.4, 0.5) is 0 Å². The fourth-order valence-electron chi connectivity index (χ4n) is 1.96. The van der Waals surface area contributed by atoms with Crippen molar-refractivity contribution >= 4 is 24.0 Å². The molecule has 119 valence electrons. The van der Waals surface area contributed by atoms with Crippen LogP contribution in [0.3, 0.4) is 0 Å². The van der Waals surface area contributed by atoms with Crippen molar-refractivity contribution in [1.29, 1.82) is 0 Å². The lowest BCUT2D eigenvalue weighted by Gasteiger charge is -2.37. The van der Waals surface area contributed by atoms with E-state index in [1.165, 1.54) is 0 Å². The first-order valence-electron chi connectivity index (χ1n) is 7.16. The fraction of sp³-hybridized carbons (Fsp3) is 0.500. The molecule has 0 aliphatic carbocycles. The van der Waals surface area contributed by atoms with Gasteiger partial charge in [-0.1, -0.05) is 0 Å². The monoisotopic (exact) mass is 304 g/mol. The van der Waals surface area contributed by atoms with E-state index in [0.717, 1.165) is 28.0 Å². The lowest BCUT2D eigenvalue weighted by molar-refractivity contribution is -0.0893. The Balaban J connectivity index is 2.30. The summed E-state index contributed by atoms with van der Waals surface area (Å²) in [4.78, 5) is 3.25. The number of rotatable bonds is 6. The van der Waals surface area contributed by atoms with Crippen molar-refractivity contribution in [2.24, 2.45) is 0 Å². The summed E-state index contributed by atoms with van der Waals surface area (Å²) < 4.78 is 16.5. The first kappa shape index (κ1) is 16.7. The van der Waals surface area contributed by atoms with E-state index < -0.39 is 11.2 Å². The SMILES string of the molecule is COc1ccc(OC)c2[nH]c([B]OC(C)(C)C(C)(C)O)cc12.